The third kappa shape index (κ3) is 5.73. The monoisotopic (exact) mass is 282 g/mol. The average molecular weight is 282 g/mol. The number of carbonyl (C=O) groups excluding carboxylic acids is 1. The Morgan fingerprint density at radius 2 is 2.20 bits per heavy atom. The summed E-state index contributed by atoms with van der Waals surface area (Å²) in [6.45, 7) is 3.24. The summed E-state index contributed by atoms with van der Waals surface area (Å²) < 4.78 is 1.99. The van der Waals surface area contributed by atoms with Crippen LogP contribution in [0.3, 0.4) is 0 Å². The number of amides is 2. The van der Waals surface area contributed by atoms with Gasteiger partial charge in [0.2, 0.25) is 0 Å². The van der Waals surface area contributed by atoms with Crippen molar-refractivity contribution in [2.24, 2.45) is 5.92 Å². The van der Waals surface area contributed by atoms with Crippen LogP contribution in [0.4, 0.5) is 4.79 Å². The van der Waals surface area contributed by atoms with Crippen molar-refractivity contribution in [1.82, 2.24) is 19.8 Å². The topological polar surface area (TPSA) is 87.5 Å². The lowest BCUT2D eigenvalue weighted by Gasteiger charge is -2.19. The first-order valence-corrected chi connectivity index (χ1v) is 6.68. The van der Waals surface area contributed by atoms with Crippen molar-refractivity contribution < 1.29 is 14.7 Å². The maximum Gasteiger partial charge on any atom is 0.317 e. The van der Waals surface area contributed by atoms with Crippen LogP contribution in [0, 0.1) is 5.92 Å². The molecule has 0 bridgehead atoms. The van der Waals surface area contributed by atoms with Crippen LogP contribution in [-0.4, -0.2) is 51.7 Å². The van der Waals surface area contributed by atoms with Gasteiger partial charge in [-0.05, 0) is 12.8 Å². The maximum atomic E-state index is 11.7. The smallest absolute Gasteiger partial charge is 0.317 e. The van der Waals surface area contributed by atoms with E-state index in [0.717, 1.165) is 19.4 Å². The SMILES string of the molecule is CC(CN(C)C(=O)NCCCCn1ccnc1)C(=O)O. The van der Waals surface area contributed by atoms with E-state index in [-0.39, 0.29) is 12.6 Å². The number of nitrogens with zero attached hydrogens (tertiary/aromatic N) is 3. The first kappa shape index (κ1) is 16.0. The number of aromatic nitrogens is 2. The van der Waals surface area contributed by atoms with Gasteiger partial charge in [0.1, 0.15) is 0 Å². The molecule has 0 aliphatic rings. The molecule has 1 aromatic heterocycles. The summed E-state index contributed by atoms with van der Waals surface area (Å²) in [4.78, 5) is 27.8. The second-order valence-corrected chi connectivity index (χ2v) is 4.86. The fourth-order valence-electron chi connectivity index (χ4n) is 1.74. The summed E-state index contributed by atoms with van der Waals surface area (Å²) in [6, 6.07) is -0.235. The second kappa shape index (κ2) is 8.19. The molecule has 0 saturated carbocycles. The van der Waals surface area contributed by atoms with Crippen LogP contribution in [-0.2, 0) is 11.3 Å². The molecule has 0 radical (unpaired) electrons. The summed E-state index contributed by atoms with van der Waals surface area (Å²) in [5.41, 5.74) is 0. The van der Waals surface area contributed by atoms with Gasteiger partial charge in [0, 0.05) is 39.1 Å². The number of nitrogens with one attached hydrogen (secondary N) is 1. The van der Waals surface area contributed by atoms with Gasteiger partial charge in [-0.25, -0.2) is 9.78 Å². The van der Waals surface area contributed by atoms with Crippen molar-refractivity contribution in [2.45, 2.75) is 26.3 Å². The van der Waals surface area contributed by atoms with Crippen molar-refractivity contribution in [3.05, 3.63) is 18.7 Å². The standard InChI is InChI=1S/C13H22N4O3/c1-11(12(18)19)9-16(2)13(20)15-5-3-4-7-17-8-6-14-10-17/h6,8,10-11H,3-5,7,9H2,1-2H3,(H,15,20)(H,18,19). The van der Waals surface area contributed by atoms with Crippen molar-refractivity contribution in [2.75, 3.05) is 20.1 Å². The van der Waals surface area contributed by atoms with E-state index < -0.39 is 11.9 Å². The highest BCUT2D eigenvalue weighted by Crippen LogP contribution is 1.99. The van der Waals surface area contributed by atoms with Crippen LogP contribution in [0.15, 0.2) is 18.7 Å². The van der Waals surface area contributed by atoms with E-state index in [0.29, 0.717) is 6.54 Å². The molecule has 7 nitrogen and oxygen atoms in total. The third-order valence-electron chi connectivity index (χ3n) is 2.99. The number of hydrogen-bond acceptors (Lipinski definition) is 3. The molecular formula is C13H22N4O3. The van der Waals surface area contributed by atoms with Crippen LogP contribution < -0.4 is 5.32 Å². The lowest BCUT2D eigenvalue weighted by Crippen LogP contribution is -2.41. The molecule has 0 aromatic carbocycles. The number of unbranched alkanes of at least 4 members (excludes halogenated alkanes) is 1. The van der Waals surface area contributed by atoms with E-state index in [1.54, 1.807) is 26.5 Å². The maximum absolute atomic E-state index is 11.7. The van der Waals surface area contributed by atoms with Crippen molar-refractivity contribution in [1.29, 1.82) is 0 Å². The van der Waals surface area contributed by atoms with E-state index in [2.05, 4.69) is 10.3 Å². The predicted molar refractivity (Wildman–Crippen MR) is 74.3 cm³/mol. The molecule has 7 heteroatoms. The largest absolute Gasteiger partial charge is 0.481 e. The van der Waals surface area contributed by atoms with Crippen LogP contribution in [0.25, 0.3) is 0 Å². The zero-order valence-corrected chi connectivity index (χ0v) is 12.0. The molecule has 1 unspecified atom stereocenters. The highest BCUT2D eigenvalue weighted by molar-refractivity contribution is 5.75. The van der Waals surface area contributed by atoms with Gasteiger partial charge in [-0.2, -0.15) is 0 Å². The Bertz CT molecular complexity index is 419. The van der Waals surface area contributed by atoms with Gasteiger partial charge in [-0.3, -0.25) is 4.79 Å². The lowest BCUT2D eigenvalue weighted by atomic mass is 10.2. The van der Waals surface area contributed by atoms with Gasteiger partial charge >= 0.3 is 12.0 Å². The zero-order valence-electron chi connectivity index (χ0n) is 12.0. The van der Waals surface area contributed by atoms with E-state index in [4.69, 9.17) is 5.11 Å². The Labute approximate surface area is 118 Å². The summed E-state index contributed by atoms with van der Waals surface area (Å²) in [6.07, 6.45) is 7.22. The third-order valence-corrected chi connectivity index (χ3v) is 2.99. The van der Waals surface area contributed by atoms with E-state index in [1.807, 2.05) is 10.8 Å². The lowest BCUT2D eigenvalue weighted by molar-refractivity contribution is -0.141. The van der Waals surface area contributed by atoms with Crippen LogP contribution in [0.1, 0.15) is 19.8 Å². The molecule has 0 aliphatic heterocycles. The summed E-state index contributed by atoms with van der Waals surface area (Å²) in [5, 5.41) is 11.6. The number of urea groups is 1. The van der Waals surface area contributed by atoms with Gasteiger partial charge in [0.25, 0.3) is 0 Å². The first-order chi connectivity index (χ1) is 9.50. The Kier molecular flexibility index (Phi) is 6.55. The van der Waals surface area contributed by atoms with Crippen LogP contribution >= 0.6 is 0 Å². The summed E-state index contributed by atoms with van der Waals surface area (Å²) in [7, 11) is 1.60. The minimum absolute atomic E-state index is 0.205. The normalized spacial score (nSPS) is 11.9. The number of aliphatic carboxylic acids is 1. The van der Waals surface area contributed by atoms with Crippen LogP contribution in [0.2, 0.25) is 0 Å². The van der Waals surface area contributed by atoms with Gasteiger partial charge < -0.3 is 19.9 Å². The minimum Gasteiger partial charge on any atom is -0.481 e. The molecule has 2 amide bonds. The summed E-state index contributed by atoms with van der Waals surface area (Å²) >= 11 is 0. The number of hydrogen-bond donors (Lipinski definition) is 2. The molecule has 1 heterocycles. The molecule has 0 saturated heterocycles. The molecule has 1 rings (SSSR count). The molecular weight excluding hydrogens is 260 g/mol. The van der Waals surface area contributed by atoms with Crippen molar-refractivity contribution in [3.63, 3.8) is 0 Å². The molecule has 0 fully saturated rings. The molecule has 1 aromatic rings. The molecule has 0 spiro atoms. The number of carbonyl (C=O) groups is 2. The molecule has 1 atom stereocenters. The Hall–Kier alpha value is -2.05. The predicted octanol–water partition coefficient (Wildman–Crippen LogP) is 1.03. The Balaban J connectivity index is 2.11. The van der Waals surface area contributed by atoms with Crippen molar-refractivity contribution in [3.8, 4) is 0 Å². The molecule has 2 N–H and O–H groups in total. The number of imidazole rings is 1. The van der Waals surface area contributed by atoms with E-state index in [1.165, 1.54) is 4.90 Å². The van der Waals surface area contributed by atoms with Crippen LogP contribution in [0.5, 0.6) is 0 Å². The minimum atomic E-state index is -0.898. The van der Waals surface area contributed by atoms with Gasteiger partial charge in [0.15, 0.2) is 0 Å². The van der Waals surface area contributed by atoms with Gasteiger partial charge in [0.05, 0.1) is 12.2 Å². The average Bonchev–Trinajstić information content (AvgIpc) is 2.90. The number of rotatable bonds is 8. The number of carboxylic acid groups (broad SMARTS) is 1. The highest BCUT2D eigenvalue weighted by Gasteiger charge is 2.16. The van der Waals surface area contributed by atoms with Gasteiger partial charge in [-0.15, -0.1) is 0 Å². The summed E-state index contributed by atoms with van der Waals surface area (Å²) in [5.74, 6) is -1.46. The fourth-order valence-corrected chi connectivity index (χ4v) is 1.74. The zero-order chi connectivity index (χ0) is 15.0. The van der Waals surface area contributed by atoms with E-state index in [9.17, 15) is 9.59 Å². The molecule has 112 valence electrons. The molecule has 20 heavy (non-hydrogen) atoms. The quantitative estimate of drug-likeness (QED) is 0.697. The number of aryl methyl sites for hydroxylation is 1. The fraction of sp³-hybridized carbons (Fsp3) is 0.615. The van der Waals surface area contributed by atoms with Crippen molar-refractivity contribution >= 4 is 12.0 Å². The Morgan fingerprint density at radius 1 is 1.45 bits per heavy atom. The van der Waals surface area contributed by atoms with E-state index >= 15 is 0 Å². The first-order valence-electron chi connectivity index (χ1n) is 6.68. The van der Waals surface area contributed by atoms with Gasteiger partial charge in [-0.1, -0.05) is 6.92 Å². The second-order valence-electron chi connectivity index (χ2n) is 4.86. The number of carboxylic acids is 1. The highest BCUT2D eigenvalue weighted by atomic mass is 16.4. The molecule has 0 aliphatic carbocycles. The Morgan fingerprint density at radius 3 is 2.80 bits per heavy atom.